The van der Waals surface area contributed by atoms with Crippen molar-refractivity contribution >= 4 is 27.3 Å². The molecule has 0 spiro atoms. The van der Waals surface area contributed by atoms with Gasteiger partial charge in [-0.25, -0.2) is 13.1 Å². The molecule has 2 aromatic rings. The van der Waals surface area contributed by atoms with Gasteiger partial charge < -0.3 is 4.74 Å². The summed E-state index contributed by atoms with van der Waals surface area (Å²) >= 11 is 5.77. The molecule has 7 nitrogen and oxygen atoms in total. The van der Waals surface area contributed by atoms with Gasteiger partial charge >= 0.3 is 0 Å². The lowest BCUT2D eigenvalue weighted by Gasteiger charge is -2.30. The first kappa shape index (κ1) is 29.1. The van der Waals surface area contributed by atoms with Crippen LogP contribution < -0.4 is 9.46 Å². The van der Waals surface area contributed by atoms with Crippen molar-refractivity contribution in [3.63, 3.8) is 0 Å². The molecule has 194 valence electrons. The van der Waals surface area contributed by atoms with Crippen LogP contribution in [-0.4, -0.2) is 26.5 Å². The molecule has 0 radical (unpaired) electrons. The second-order valence-electron chi connectivity index (χ2n) is 10.0. The Labute approximate surface area is 214 Å². The van der Waals surface area contributed by atoms with E-state index in [0.29, 0.717) is 19.4 Å². The number of nitrogens with one attached hydrogen (secondary N) is 1. The molecule has 0 saturated carbocycles. The normalized spacial score (nSPS) is 12.5. The highest BCUT2D eigenvalue weighted by Gasteiger charge is 2.26. The molecular formula is C26H37ClN2O5S. The van der Waals surface area contributed by atoms with E-state index < -0.39 is 20.6 Å². The molecular weight excluding hydrogens is 488 g/mol. The Bertz CT molecular complexity index is 1150. The van der Waals surface area contributed by atoms with E-state index in [1.165, 1.54) is 23.3 Å². The number of ether oxygens (including phenoxy) is 1. The Morgan fingerprint density at radius 3 is 2.26 bits per heavy atom. The summed E-state index contributed by atoms with van der Waals surface area (Å²) in [6, 6.07) is 9.88. The number of sulfonamides is 1. The van der Waals surface area contributed by atoms with Gasteiger partial charge in [-0.3, -0.25) is 10.1 Å². The Balaban J connectivity index is 1.98. The zero-order valence-corrected chi connectivity index (χ0v) is 23.1. The summed E-state index contributed by atoms with van der Waals surface area (Å²) in [6.07, 6.45) is 3.22. The van der Waals surface area contributed by atoms with Crippen molar-refractivity contribution in [3.8, 4) is 5.75 Å². The van der Waals surface area contributed by atoms with E-state index in [9.17, 15) is 18.5 Å². The lowest BCUT2D eigenvalue weighted by molar-refractivity contribution is -0.384. The van der Waals surface area contributed by atoms with Crippen molar-refractivity contribution in [1.82, 2.24) is 4.72 Å². The average molecular weight is 525 g/mol. The van der Waals surface area contributed by atoms with Crippen LogP contribution in [0.4, 0.5) is 5.69 Å². The fourth-order valence-corrected chi connectivity index (χ4v) is 4.78. The van der Waals surface area contributed by atoms with Crippen molar-refractivity contribution in [2.75, 3.05) is 13.2 Å². The number of hydrogen-bond donors (Lipinski definition) is 1. The van der Waals surface area contributed by atoms with E-state index >= 15 is 0 Å². The quantitative estimate of drug-likeness (QED) is 0.177. The second-order valence-corrected chi connectivity index (χ2v) is 12.2. The molecule has 0 heterocycles. The molecule has 0 saturated heterocycles. The minimum Gasteiger partial charge on any atom is -0.493 e. The van der Waals surface area contributed by atoms with Crippen molar-refractivity contribution in [2.24, 2.45) is 0 Å². The average Bonchev–Trinajstić information content (AvgIpc) is 2.81. The number of rotatable bonds is 13. The molecule has 0 bridgehead atoms. The number of halogens is 1. The second kappa shape index (κ2) is 11.7. The Kier molecular flexibility index (Phi) is 9.73. The van der Waals surface area contributed by atoms with E-state index in [-0.39, 0.29) is 27.3 Å². The van der Waals surface area contributed by atoms with E-state index in [0.717, 1.165) is 24.7 Å². The van der Waals surface area contributed by atoms with Crippen molar-refractivity contribution < 1.29 is 18.1 Å². The van der Waals surface area contributed by atoms with Crippen LogP contribution in [0, 0.1) is 10.1 Å². The first-order valence-electron chi connectivity index (χ1n) is 12.0. The number of unbranched alkanes of at least 4 members (excludes halogenated alkanes) is 1. The Morgan fingerprint density at radius 2 is 1.66 bits per heavy atom. The van der Waals surface area contributed by atoms with Gasteiger partial charge in [0.05, 0.1) is 16.4 Å². The molecule has 0 atom stereocenters. The van der Waals surface area contributed by atoms with Crippen LogP contribution >= 0.6 is 11.6 Å². The molecule has 0 aliphatic heterocycles. The van der Waals surface area contributed by atoms with E-state index in [4.69, 9.17) is 16.3 Å². The highest BCUT2D eigenvalue weighted by Crippen LogP contribution is 2.38. The molecule has 2 rings (SSSR count). The van der Waals surface area contributed by atoms with E-state index in [1.54, 1.807) is 0 Å². The predicted molar refractivity (Wildman–Crippen MR) is 141 cm³/mol. The largest absolute Gasteiger partial charge is 0.493 e. The lowest BCUT2D eigenvalue weighted by atomic mass is 9.76. The van der Waals surface area contributed by atoms with Crippen molar-refractivity contribution in [3.05, 3.63) is 62.7 Å². The van der Waals surface area contributed by atoms with Gasteiger partial charge in [0.1, 0.15) is 10.8 Å². The zero-order chi connectivity index (χ0) is 26.4. The summed E-state index contributed by atoms with van der Waals surface area (Å²) in [5.74, 6) is 0.863. The van der Waals surface area contributed by atoms with Gasteiger partial charge in [-0.1, -0.05) is 65.3 Å². The highest BCUT2D eigenvalue weighted by atomic mass is 35.5. The monoisotopic (exact) mass is 524 g/mol. The Hall–Kier alpha value is -2.16. The maximum absolute atomic E-state index is 12.5. The van der Waals surface area contributed by atoms with Gasteiger partial charge in [0.15, 0.2) is 0 Å². The minimum atomic E-state index is -3.88. The van der Waals surface area contributed by atoms with Gasteiger partial charge in [0, 0.05) is 18.2 Å². The SMILES string of the molecule is CCC(C)(C)c1ccc(OCCCCNS(=O)(=O)c2ccc(Cl)c([N+](=O)[O-])c2)c(C(C)(C)CC)c1. The van der Waals surface area contributed by atoms with Crippen LogP contribution in [0.1, 0.15) is 78.4 Å². The van der Waals surface area contributed by atoms with Gasteiger partial charge in [0.25, 0.3) is 5.69 Å². The number of nitro benzene ring substituents is 1. The lowest BCUT2D eigenvalue weighted by Crippen LogP contribution is -2.25. The minimum absolute atomic E-state index is 0.0357. The summed E-state index contributed by atoms with van der Waals surface area (Å²) in [6.45, 7) is 13.9. The van der Waals surface area contributed by atoms with Crippen LogP contribution in [0.25, 0.3) is 0 Å². The Morgan fingerprint density at radius 1 is 1.00 bits per heavy atom. The molecule has 2 aromatic carbocycles. The van der Waals surface area contributed by atoms with Gasteiger partial charge in [0.2, 0.25) is 10.0 Å². The molecule has 1 N–H and O–H groups in total. The topological polar surface area (TPSA) is 98.5 Å². The third-order valence-corrected chi connectivity index (χ3v) is 8.58. The van der Waals surface area contributed by atoms with Crippen LogP contribution in [-0.2, 0) is 20.9 Å². The summed E-state index contributed by atoms with van der Waals surface area (Å²) in [7, 11) is -3.88. The van der Waals surface area contributed by atoms with Gasteiger partial charge in [-0.2, -0.15) is 0 Å². The van der Waals surface area contributed by atoms with Crippen LogP contribution in [0.3, 0.4) is 0 Å². The first-order chi connectivity index (χ1) is 16.2. The third-order valence-electron chi connectivity index (χ3n) is 6.80. The fourth-order valence-electron chi connectivity index (χ4n) is 3.50. The first-order valence-corrected chi connectivity index (χ1v) is 13.8. The number of nitro groups is 1. The highest BCUT2D eigenvalue weighted by molar-refractivity contribution is 7.89. The summed E-state index contributed by atoms with van der Waals surface area (Å²) in [5, 5.41) is 10.9. The molecule has 0 aliphatic carbocycles. The van der Waals surface area contributed by atoms with Crippen LogP contribution in [0.2, 0.25) is 5.02 Å². The maximum atomic E-state index is 12.5. The van der Waals surface area contributed by atoms with Crippen molar-refractivity contribution in [2.45, 2.75) is 83.0 Å². The molecule has 9 heteroatoms. The molecule has 35 heavy (non-hydrogen) atoms. The predicted octanol–water partition coefficient (Wildman–Crippen LogP) is 6.76. The van der Waals surface area contributed by atoms with Gasteiger partial charge in [-0.05, 0) is 60.3 Å². The summed E-state index contributed by atoms with van der Waals surface area (Å²) < 4.78 is 33.6. The van der Waals surface area contributed by atoms with E-state index in [1.807, 2.05) is 0 Å². The molecule has 0 amide bonds. The van der Waals surface area contributed by atoms with Crippen LogP contribution in [0.15, 0.2) is 41.3 Å². The number of nitrogens with zero attached hydrogens (tertiary/aromatic N) is 1. The molecule has 0 unspecified atom stereocenters. The fraction of sp³-hybridized carbons (Fsp3) is 0.538. The molecule has 0 aliphatic rings. The summed E-state index contributed by atoms with van der Waals surface area (Å²) in [4.78, 5) is 10.1. The standard InChI is InChI=1S/C26H37ClN2O5S/c1-7-25(3,4)19-11-14-24(21(17-19)26(5,6)8-2)34-16-10-9-15-28-35(32,33)20-12-13-22(27)23(18-20)29(30)31/h11-14,17-18,28H,7-10,15-16H2,1-6H3. The van der Waals surface area contributed by atoms with E-state index in [2.05, 4.69) is 64.5 Å². The van der Waals surface area contributed by atoms with Crippen molar-refractivity contribution in [1.29, 1.82) is 0 Å². The molecule has 0 fully saturated rings. The third kappa shape index (κ3) is 7.41. The smallest absolute Gasteiger partial charge is 0.289 e. The number of hydrogen-bond acceptors (Lipinski definition) is 5. The number of benzene rings is 2. The zero-order valence-electron chi connectivity index (χ0n) is 21.5. The summed E-state index contributed by atoms with van der Waals surface area (Å²) in [5.41, 5.74) is 2.08. The maximum Gasteiger partial charge on any atom is 0.289 e. The van der Waals surface area contributed by atoms with Gasteiger partial charge in [-0.15, -0.1) is 0 Å². The molecule has 0 aromatic heterocycles. The van der Waals surface area contributed by atoms with Crippen LogP contribution in [0.5, 0.6) is 5.75 Å².